The molecule has 0 aliphatic heterocycles. The van der Waals surface area contributed by atoms with Crippen LogP contribution in [-0.2, 0) is 0 Å². The van der Waals surface area contributed by atoms with E-state index < -0.39 is 0 Å². The van der Waals surface area contributed by atoms with Gasteiger partial charge in [0, 0.05) is 16.8 Å². The molecule has 0 saturated carbocycles. The molecule has 0 aromatic heterocycles. The fraction of sp³-hybridized carbons (Fsp3) is 0.118. The molecule has 2 rings (SSSR count). The molecule has 0 fully saturated rings. The summed E-state index contributed by atoms with van der Waals surface area (Å²) < 4.78 is 0. The number of benzene rings is 2. The van der Waals surface area contributed by atoms with Gasteiger partial charge < -0.3 is 5.32 Å². The van der Waals surface area contributed by atoms with E-state index >= 15 is 0 Å². The molecule has 0 amide bonds. The van der Waals surface area contributed by atoms with Crippen molar-refractivity contribution in [2.24, 2.45) is 0 Å². The van der Waals surface area contributed by atoms with Crippen LogP contribution in [0.1, 0.15) is 11.1 Å². The van der Waals surface area contributed by atoms with Crippen molar-refractivity contribution in [1.82, 2.24) is 5.32 Å². The fourth-order valence-electron chi connectivity index (χ4n) is 1.69. The summed E-state index contributed by atoms with van der Waals surface area (Å²) in [6, 6.07) is 18.5. The van der Waals surface area contributed by atoms with Crippen LogP contribution in [0.5, 0.6) is 0 Å². The molecule has 0 aliphatic carbocycles. The topological polar surface area (TPSA) is 12.0 Å². The molecule has 0 bridgehead atoms. The molecule has 3 heteroatoms. The van der Waals surface area contributed by atoms with Crippen molar-refractivity contribution in [3.63, 3.8) is 0 Å². The SMILES string of the molecule is CN/C(=C\C(=S)c1ccccc1)Sc1ccc(C)cc1. The Balaban J connectivity index is 2.13. The third-order valence-corrected chi connectivity index (χ3v) is 4.22. The van der Waals surface area contributed by atoms with E-state index in [-0.39, 0.29) is 0 Å². The molecule has 0 saturated heterocycles. The molecule has 1 N–H and O–H groups in total. The van der Waals surface area contributed by atoms with Crippen LogP contribution in [0.15, 0.2) is 70.6 Å². The first-order valence-electron chi connectivity index (χ1n) is 6.42. The van der Waals surface area contributed by atoms with E-state index in [1.807, 2.05) is 43.5 Å². The maximum Gasteiger partial charge on any atom is 0.0741 e. The van der Waals surface area contributed by atoms with Gasteiger partial charge in [-0.1, -0.05) is 72.0 Å². The van der Waals surface area contributed by atoms with Gasteiger partial charge in [-0.3, -0.25) is 0 Å². The van der Waals surface area contributed by atoms with E-state index in [0.29, 0.717) is 0 Å². The van der Waals surface area contributed by atoms with Crippen LogP contribution in [0.4, 0.5) is 0 Å². The summed E-state index contributed by atoms with van der Waals surface area (Å²) in [5.74, 6) is 0. The highest BCUT2D eigenvalue weighted by atomic mass is 32.2. The van der Waals surface area contributed by atoms with E-state index in [1.54, 1.807) is 11.8 Å². The van der Waals surface area contributed by atoms with Crippen LogP contribution >= 0.6 is 24.0 Å². The molecule has 2 aromatic rings. The average molecular weight is 299 g/mol. The lowest BCUT2D eigenvalue weighted by atomic mass is 10.1. The molecule has 0 radical (unpaired) electrons. The lowest BCUT2D eigenvalue weighted by Gasteiger charge is -2.07. The maximum atomic E-state index is 5.47. The Labute approximate surface area is 130 Å². The molecule has 0 heterocycles. The normalized spacial score (nSPS) is 11.2. The van der Waals surface area contributed by atoms with Crippen molar-refractivity contribution < 1.29 is 0 Å². The van der Waals surface area contributed by atoms with E-state index in [1.165, 1.54) is 10.5 Å². The Kier molecular flexibility index (Phi) is 5.39. The molecule has 2 aromatic carbocycles. The number of aryl methyl sites for hydroxylation is 1. The predicted molar refractivity (Wildman–Crippen MR) is 92.3 cm³/mol. The van der Waals surface area contributed by atoms with Gasteiger partial charge in [-0.15, -0.1) is 0 Å². The number of hydrogen-bond acceptors (Lipinski definition) is 3. The van der Waals surface area contributed by atoms with Crippen molar-refractivity contribution in [3.8, 4) is 0 Å². The molecule has 0 aliphatic rings. The Hall–Kier alpha value is -1.58. The van der Waals surface area contributed by atoms with Gasteiger partial charge in [0.15, 0.2) is 0 Å². The Morgan fingerprint density at radius 2 is 1.70 bits per heavy atom. The van der Waals surface area contributed by atoms with Crippen molar-refractivity contribution in [2.75, 3.05) is 7.05 Å². The van der Waals surface area contributed by atoms with E-state index in [4.69, 9.17) is 12.2 Å². The van der Waals surface area contributed by atoms with Crippen LogP contribution in [0.3, 0.4) is 0 Å². The Morgan fingerprint density at radius 1 is 1.05 bits per heavy atom. The lowest BCUT2D eigenvalue weighted by molar-refractivity contribution is 1.08. The minimum absolute atomic E-state index is 0.842. The Morgan fingerprint density at radius 3 is 2.30 bits per heavy atom. The number of allylic oxidation sites excluding steroid dienone is 1. The third kappa shape index (κ3) is 4.22. The second-order valence-corrected chi connectivity index (χ2v) is 5.96. The van der Waals surface area contributed by atoms with Crippen LogP contribution in [0.2, 0.25) is 0 Å². The first kappa shape index (κ1) is 14.8. The second kappa shape index (κ2) is 7.27. The standard InChI is InChI=1S/C17H17NS2/c1-13-8-10-15(11-9-13)20-17(18-2)12-16(19)14-6-4-3-5-7-14/h3-12,18H,1-2H3/b17-12+. The minimum Gasteiger partial charge on any atom is -0.383 e. The number of hydrogen-bond donors (Lipinski definition) is 1. The highest BCUT2D eigenvalue weighted by Crippen LogP contribution is 2.25. The van der Waals surface area contributed by atoms with Crippen LogP contribution < -0.4 is 5.32 Å². The number of thioether (sulfide) groups is 1. The van der Waals surface area contributed by atoms with Crippen LogP contribution in [-0.4, -0.2) is 11.9 Å². The maximum absolute atomic E-state index is 5.47. The summed E-state index contributed by atoms with van der Waals surface area (Å²) in [5, 5.41) is 4.25. The molecule has 0 atom stereocenters. The molecule has 0 spiro atoms. The van der Waals surface area contributed by atoms with Gasteiger partial charge in [-0.2, -0.15) is 0 Å². The predicted octanol–water partition coefficient (Wildman–Crippen LogP) is 4.57. The molecule has 1 nitrogen and oxygen atoms in total. The van der Waals surface area contributed by atoms with Crippen molar-refractivity contribution in [1.29, 1.82) is 0 Å². The van der Waals surface area contributed by atoms with Crippen LogP contribution in [0, 0.1) is 6.92 Å². The first-order valence-corrected chi connectivity index (χ1v) is 7.65. The average Bonchev–Trinajstić information content (AvgIpc) is 2.49. The highest BCUT2D eigenvalue weighted by Gasteiger charge is 2.02. The lowest BCUT2D eigenvalue weighted by Crippen LogP contribution is -2.05. The number of rotatable bonds is 5. The monoisotopic (exact) mass is 299 g/mol. The van der Waals surface area contributed by atoms with Gasteiger partial charge in [0.25, 0.3) is 0 Å². The summed E-state index contributed by atoms with van der Waals surface area (Å²) in [5.41, 5.74) is 2.34. The molecule has 20 heavy (non-hydrogen) atoms. The van der Waals surface area contributed by atoms with Crippen LogP contribution in [0.25, 0.3) is 0 Å². The minimum atomic E-state index is 0.842. The summed E-state index contributed by atoms with van der Waals surface area (Å²) >= 11 is 7.15. The van der Waals surface area contributed by atoms with Crippen molar-refractivity contribution in [2.45, 2.75) is 11.8 Å². The molecular weight excluding hydrogens is 282 g/mol. The quantitative estimate of drug-likeness (QED) is 0.376. The van der Waals surface area contributed by atoms with E-state index in [0.717, 1.165) is 15.5 Å². The number of nitrogens with one attached hydrogen (secondary N) is 1. The Bertz CT molecular complexity index is 601. The van der Waals surface area contributed by atoms with E-state index in [9.17, 15) is 0 Å². The summed E-state index contributed by atoms with van der Waals surface area (Å²) in [7, 11) is 1.92. The summed E-state index contributed by atoms with van der Waals surface area (Å²) in [6.07, 6.45) is 2.01. The van der Waals surface area contributed by atoms with E-state index in [2.05, 4.69) is 36.5 Å². The zero-order valence-corrected chi connectivity index (χ0v) is 13.2. The second-order valence-electron chi connectivity index (χ2n) is 4.40. The van der Waals surface area contributed by atoms with Gasteiger partial charge in [0.05, 0.1) is 5.03 Å². The fourth-order valence-corrected chi connectivity index (χ4v) is 2.82. The van der Waals surface area contributed by atoms with Gasteiger partial charge >= 0.3 is 0 Å². The number of thiocarbonyl (C=S) groups is 1. The largest absolute Gasteiger partial charge is 0.383 e. The molecule has 0 unspecified atom stereocenters. The zero-order chi connectivity index (χ0) is 14.4. The van der Waals surface area contributed by atoms with Crippen molar-refractivity contribution >= 4 is 28.8 Å². The molecule has 102 valence electrons. The van der Waals surface area contributed by atoms with Gasteiger partial charge in [0.1, 0.15) is 0 Å². The molecular formula is C17H17NS2. The summed E-state index contributed by atoms with van der Waals surface area (Å²) in [4.78, 5) is 2.04. The van der Waals surface area contributed by atoms with Gasteiger partial charge in [-0.05, 0) is 30.7 Å². The smallest absolute Gasteiger partial charge is 0.0741 e. The summed E-state index contributed by atoms with van der Waals surface area (Å²) in [6.45, 7) is 2.09. The van der Waals surface area contributed by atoms with Crippen molar-refractivity contribution in [3.05, 3.63) is 76.8 Å². The third-order valence-electron chi connectivity index (χ3n) is 2.82. The highest BCUT2D eigenvalue weighted by molar-refractivity contribution is 8.03. The zero-order valence-electron chi connectivity index (χ0n) is 11.6. The van der Waals surface area contributed by atoms with Gasteiger partial charge in [-0.25, -0.2) is 0 Å². The van der Waals surface area contributed by atoms with Gasteiger partial charge in [0.2, 0.25) is 0 Å². The first-order chi connectivity index (χ1) is 9.69.